The van der Waals surface area contributed by atoms with Crippen molar-refractivity contribution >= 4 is 51.0 Å². The molecule has 18 nitrogen and oxygen atoms in total. The summed E-state index contributed by atoms with van der Waals surface area (Å²) in [5.41, 5.74) is 6.38. The van der Waals surface area contributed by atoms with Crippen molar-refractivity contribution < 1.29 is 14.3 Å². The average molecular weight is 782 g/mol. The molecule has 8 rings (SSSR count). The van der Waals surface area contributed by atoms with Crippen molar-refractivity contribution in [2.45, 2.75) is 46.3 Å². The number of rotatable bonds is 17. The number of hydrogen-bond acceptors (Lipinski definition) is 13. The fourth-order valence-corrected chi connectivity index (χ4v) is 6.37. The largest absolute Gasteiger partial charge is 0.492 e. The predicted octanol–water partition coefficient (Wildman–Crippen LogP) is 5.63. The third-order valence-electron chi connectivity index (χ3n) is 9.14. The third kappa shape index (κ3) is 9.03. The van der Waals surface area contributed by atoms with E-state index in [-0.39, 0.29) is 24.6 Å². The summed E-state index contributed by atoms with van der Waals surface area (Å²) >= 11 is 0. The Balaban J connectivity index is 0.784. The number of aryl methyl sites for hydroxylation is 1. The van der Waals surface area contributed by atoms with Crippen LogP contribution in [0.4, 0.5) is 23.3 Å². The number of nitrogens with zero attached hydrogens (tertiary/aromatic N) is 8. The van der Waals surface area contributed by atoms with Gasteiger partial charge in [0.1, 0.15) is 12.4 Å². The van der Waals surface area contributed by atoms with Crippen LogP contribution in [0.1, 0.15) is 26.3 Å². The molecule has 296 valence electrons. The van der Waals surface area contributed by atoms with Gasteiger partial charge in [-0.15, -0.1) is 10.2 Å². The topological polar surface area (TPSA) is 226 Å². The van der Waals surface area contributed by atoms with Gasteiger partial charge in [-0.2, -0.15) is 20.2 Å². The van der Waals surface area contributed by atoms with Gasteiger partial charge in [-0.1, -0.05) is 0 Å². The minimum atomic E-state index is -0.203. The summed E-state index contributed by atoms with van der Waals surface area (Å²) in [5, 5.41) is 41.1. The first-order chi connectivity index (χ1) is 28.2. The van der Waals surface area contributed by atoms with Gasteiger partial charge in [0.2, 0.25) is 17.8 Å². The Bertz CT molecular complexity index is 2640. The van der Waals surface area contributed by atoms with Gasteiger partial charge < -0.3 is 30.7 Å². The van der Waals surface area contributed by atoms with Crippen molar-refractivity contribution in [1.29, 1.82) is 0 Å². The normalized spacial score (nSPS) is 11.9. The lowest BCUT2D eigenvalue weighted by atomic mass is 10.1. The van der Waals surface area contributed by atoms with E-state index in [2.05, 4.69) is 78.8 Å². The van der Waals surface area contributed by atoms with E-state index >= 15 is 0 Å². The summed E-state index contributed by atoms with van der Waals surface area (Å²) < 4.78 is 13.5. The fraction of sp³-hybridized carbons (Fsp3) is 0.250. The first-order valence-corrected chi connectivity index (χ1v) is 18.9. The average Bonchev–Trinajstić information content (AvgIpc) is 4.04. The first kappa shape index (κ1) is 37.6. The van der Waals surface area contributed by atoms with Crippen molar-refractivity contribution in [2.24, 2.45) is 0 Å². The molecule has 0 aliphatic carbocycles. The van der Waals surface area contributed by atoms with Crippen LogP contribution in [-0.4, -0.2) is 93.1 Å². The molecule has 7 N–H and O–H groups in total. The number of fused-ring (bicyclic) bond motifs is 2. The number of pyridine rings is 1. The Morgan fingerprint density at radius 3 is 2.36 bits per heavy atom. The van der Waals surface area contributed by atoms with Gasteiger partial charge in [0.25, 0.3) is 5.91 Å². The number of carbonyl (C=O) groups is 1. The minimum Gasteiger partial charge on any atom is -0.492 e. The summed E-state index contributed by atoms with van der Waals surface area (Å²) in [6, 6.07) is 21.5. The molecule has 0 radical (unpaired) electrons. The zero-order valence-corrected chi connectivity index (χ0v) is 32.4. The first-order valence-electron chi connectivity index (χ1n) is 18.9. The van der Waals surface area contributed by atoms with Crippen LogP contribution in [0.2, 0.25) is 0 Å². The Kier molecular flexibility index (Phi) is 10.9. The van der Waals surface area contributed by atoms with E-state index in [4.69, 9.17) is 9.47 Å². The van der Waals surface area contributed by atoms with E-state index in [0.29, 0.717) is 49.1 Å². The van der Waals surface area contributed by atoms with Crippen molar-refractivity contribution in [3.8, 4) is 34.4 Å². The highest BCUT2D eigenvalue weighted by atomic mass is 16.5. The smallest absolute Gasteiger partial charge is 0.258 e. The van der Waals surface area contributed by atoms with E-state index < -0.39 is 0 Å². The summed E-state index contributed by atoms with van der Waals surface area (Å²) in [7, 11) is 0. The second-order valence-electron chi connectivity index (χ2n) is 14.1. The molecule has 1 amide bonds. The number of nitrogens with one attached hydrogen (secondary N) is 7. The lowest BCUT2D eigenvalue weighted by Gasteiger charge is -2.15. The molecule has 0 saturated carbocycles. The zero-order chi connectivity index (χ0) is 40.0. The molecule has 5 heterocycles. The highest BCUT2D eigenvalue weighted by molar-refractivity contribution is 5.84. The Morgan fingerprint density at radius 2 is 1.59 bits per heavy atom. The van der Waals surface area contributed by atoms with Crippen LogP contribution in [0.15, 0.2) is 85.3 Å². The highest BCUT2D eigenvalue weighted by Crippen LogP contribution is 2.27. The number of carbonyl (C=O) groups excluding carboxylic acids is 1. The molecule has 0 aliphatic rings. The molecule has 3 aromatic carbocycles. The second kappa shape index (κ2) is 16.8. The van der Waals surface area contributed by atoms with Gasteiger partial charge in [0, 0.05) is 64.2 Å². The summed E-state index contributed by atoms with van der Waals surface area (Å²) in [6.45, 7) is 9.69. The van der Waals surface area contributed by atoms with Crippen molar-refractivity contribution in [2.75, 3.05) is 30.4 Å². The molecular formula is C40H43N15O3. The van der Waals surface area contributed by atoms with Crippen molar-refractivity contribution in [3.63, 3.8) is 0 Å². The predicted molar refractivity (Wildman–Crippen MR) is 220 cm³/mol. The van der Waals surface area contributed by atoms with Crippen molar-refractivity contribution in [1.82, 2.24) is 66.0 Å². The number of H-pyrrole nitrogens is 3. The van der Waals surface area contributed by atoms with E-state index in [0.717, 1.165) is 55.6 Å². The highest BCUT2D eigenvalue weighted by Gasteiger charge is 2.13. The molecule has 1 atom stereocenters. The summed E-state index contributed by atoms with van der Waals surface area (Å²) in [6.07, 6.45) is 5.25. The number of hydrogen-bond donors (Lipinski definition) is 7. The fourth-order valence-electron chi connectivity index (χ4n) is 6.37. The lowest BCUT2D eigenvalue weighted by molar-refractivity contribution is -0.123. The SMILES string of the molecule is Cc1cc(OCCNC(C)Cn2ncc3cc(Nc4n[nH]c(-c5ccc(OCC(=O)NC(C)C)nc5)n4)ccc32)ccc1-c1nc(Nc2ccc3[nH]ncc3c2)n[nH]1. The monoisotopic (exact) mass is 781 g/mol. The molecule has 5 aromatic heterocycles. The Hall–Kier alpha value is -7.34. The number of anilines is 4. The van der Waals surface area contributed by atoms with Gasteiger partial charge in [-0.05, 0) is 93.9 Å². The van der Waals surface area contributed by atoms with Crippen LogP contribution in [0, 0.1) is 6.92 Å². The van der Waals surface area contributed by atoms with E-state index in [1.54, 1.807) is 24.5 Å². The van der Waals surface area contributed by atoms with Gasteiger partial charge in [0.05, 0.1) is 30.0 Å². The van der Waals surface area contributed by atoms with Crippen LogP contribution in [0.5, 0.6) is 11.6 Å². The molecule has 58 heavy (non-hydrogen) atoms. The van der Waals surface area contributed by atoms with Crippen LogP contribution in [-0.2, 0) is 11.3 Å². The molecule has 0 fully saturated rings. The zero-order valence-electron chi connectivity index (χ0n) is 32.4. The van der Waals surface area contributed by atoms with Gasteiger partial charge in [-0.3, -0.25) is 24.8 Å². The molecule has 8 aromatic rings. The minimum absolute atomic E-state index is 0.0424. The molecule has 1 unspecified atom stereocenters. The van der Waals surface area contributed by atoms with Gasteiger partial charge in [-0.25, -0.2) is 4.98 Å². The number of benzene rings is 3. The lowest BCUT2D eigenvalue weighted by Crippen LogP contribution is -2.34. The van der Waals surface area contributed by atoms with Crippen LogP contribution in [0.3, 0.4) is 0 Å². The molecule has 0 bridgehead atoms. The maximum atomic E-state index is 11.8. The quantitative estimate of drug-likeness (QED) is 0.0557. The summed E-state index contributed by atoms with van der Waals surface area (Å²) in [5.74, 6) is 3.03. The van der Waals surface area contributed by atoms with Crippen LogP contribution in [0.25, 0.3) is 44.6 Å². The van der Waals surface area contributed by atoms with Crippen LogP contribution >= 0.6 is 0 Å². The Morgan fingerprint density at radius 1 is 0.810 bits per heavy atom. The maximum absolute atomic E-state index is 11.8. The molecule has 0 spiro atoms. The number of ether oxygens (including phenoxy) is 2. The van der Waals surface area contributed by atoms with Gasteiger partial charge in [0.15, 0.2) is 18.3 Å². The molecule has 0 aliphatic heterocycles. The van der Waals surface area contributed by atoms with E-state index in [1.807, 2.05) is 86.2 Å². The number of aromatic amines is 3. The van der Waals surface area contributed by atoms with Crippen molar-refractivity contribution in [3.05, 3.63) is 90.9 Å². The summed E-state index contributed by atoms with van der Waals surface area (Å²) in [4.78, 5) is 25.3. The molecule has 18 heteroatoms. The van der Waals surface area contributed by atoms with Gasteiger partial charge >= 0.3 is 0 Å². The van der Waals surface area contributed by atoms with Crippen LogP contribution < -0.4 is 30.7 Å². The molecular weight excluding hydrogens is 739 g/mol. The van der Waals surface area contributed by atoms with E-state index in [1.165, 1.54) is 0 Å². The third-order valence-corrected chi connectivity index (χ3v) is 9.14. The maximum Gasteiger partial charge on any atom is 0.258 e. The standard InChI is InChI=1S/C40H43N15O3/c1-23(2)45-35(56)22-58-36-12-5-26(18-42-36)37-48-39(53-51-37)47-30-7-11-34-28(17-30)20-44-55(34)21-25(4)41-13-14-57-31-8-9-32(24(3)15-31)38-49-40(54-52-38)46-29-6-10-33-27(16-29)19-43-50-33/h5-12,15-20,23,25,41H,13-14,21-22H2,1-4H3,(H,43,50)(H,45,56)(H2,46,49,52,54)(H2,47,48,51,53). The number of amides is 1. The second-order valence-corrected chi connectivity index (χ2v) is 14.1. The van der Waals surface area contributed by atoms with E-state index in [9.17, 15) is 4.79 Å². The Labute approximate surface area is 332 Å². The number of aromatic nitrogens is 11. The molecule has 0 saturated heterocycles.